The van der Waals surface area contributed by atoms with Gasteiger partial charge in [0.15, 0.2) is 23.1 Å². The summed E-state index contributed by atoms with van der Waals surface area (Å²) < 4.78 is 34.7. The molecule has 2 N–H and O–H groups in total. The van der Waals surface area contributed by atoms with Gasteiger partial charge in [-0.05, 0) is 75.8 Å². The van der Waals surface area contributed by atoms with Gasteiger partial charge in [0.25, 0.3) is 0 Å². The molecule has 9 nitrogen and oxygen atoms in total. The van der Waals surface area contributed by atoms with Crippen LogP contribution in [0.25, 0.3) is 10.5 Å². The molecule has 0 radical (unpaired) electrons. The predicted molar refractivity (Wildman–Crippen MR) is 258 cm³/mol. The maximum absolute atomic E-state index is 12.8. The van der Waals surface area contributed by atoms with Crippen LogP contribution in [0.4, 0.5) is 0 Å². The van der Waals surface area contributed by atoms with Crippen molar-refractivity contribution in [1.82, 2.24) is 0 Å². The summed E-state index contributed by atoms with van der Waals surface area (Å²) in [5, 5.41) is 9.59. The van der Waals surface area contributed by atoms with Crippen molar-refractivity contribution in [2.45, 2.75) is 118 Å². The molecule has 0 unspecified atom stereocenters. The first-order chi connectivity index (χ1) is 29.4. The van der Waals surface area contributed by atoms with Crippen LogP contribution >= 0.6 is 9.69 Å². The molecule has 12 heteroatoms. The van der Waals surface area contributed by atoms with Crippen LogP contribution in [0.3, 0.4) is 0 Å². The second-order valence-corrected chi connectivity index (χ2v) is 19.0. The van der Waals surface area contributed by atoms with Crippen molar-refractivity contribution in [1.29, 1.82) is 0 Å². The number of aryl methyl sites for hydroxylation is 2. The number of Topliss-reactive ketones (excluding diaryl/α,β-unsaturated/α-hetero) is 3. The maximum atomic E-state index is 12.8. The average molecular weight is 1000 g/mol. The molecule has 0 saturated heterocycles. The molecule has 3 atom stereocenters. The van der Waals surface area contributed by atoms with Crippen LogP contribution in [0.15, 0.2) is 137 Å². The number of carbonyl (C=O) groups is 3. The average Bonchev–Trinajstić information content (AvgIpc) is 3.25. The molecule has 0 bridgehead atoms. The summed E-state index contributed by atoms with van der Waals surface area (Å²) in [5.74, 6) is 0.976. The Kier molecular flexibility index (Phi) is 23.7. The van der Waals surface area contributed by atoms with E-state index in [1.807, 2.05) is 106 Å². The molecule has 0 amide bonds. The van der Waals surface area contributed by atoms with Gasteiger partial charge in [-0.25, -0.2) is 8.42 Å². The summed E-state index contributed by atoms with van der Waals surface area (Å²) in [4.78, 5) is 34.9. The minimum absolute atomic E-state index is 0. The number of hydrogen-bond acceptors (Lipinski definition) is 7. The van der Waals surface area contributed by atoms with E-state index < -0.39 is 33.6 Å². The normalized spacial score (nSPS) is 17.4. The number of hydrogen-bond donors (Lipinski definition) is 1. The predicted octanol–water partition coefficient (Wildman–Crippen LogP) is 13.0. The zero-order valence-electron chi connectivity index (χ0n) is 39.6. The number of ketones is 3. The van der Waals surface area contributed by atoms with Gasteiger partial charge in [-0.1, -0.05) is 161 Å². The second-order valence-electron chi connectivity index (χ2n) is 17.4. The van der Waals surface area contributed by atoms with Gasteiger partial charge in [0.2, 0.25) is 0 Å². The number of nitrogens with zero attached hydrogens (tertiary/aromatic N) is 1. The third kappa shape index (κ3) is 16.4. The summed E-state index contributed by atoms with van der Waals surface area (Å²) in [6.45, 7) is 21.0. The molecule has 348 valence electrons. The Morgan fingerprint density at radius 2 is 1.14 bits per heavy atom. The van der Waals surface area contributed by atoms with Crippen molar-refractivity contribution in [3.63, 3.8) is 0 Å². The minimum atomic E-state index is -3.87. The van der Waals surface area contributed by atoms with E-state index in [1.165, 1.54) is 18.2 Å². The van der Waals surface area contributed by atoms with E-state index >= 15 is 0 Å². The number of sulfonamides is 1. The van der Waals surface area contributed by atoms with Crippen LogP contribution in [-0.2, 0) is 46.5 Å². The SMILES string of the molecule is CC1=C(C)[C@@H](O)CC(C)(C)C1=O.COC1=C(C)C(=O)C(C)(C)CC1=O.Cc1ccc(C(C)C)cc1.Cc1ccc(S(=O)(=O)[N-][C@@H](c2ccccc2)[C@@H]([NH-])c2ccccc2)cc1.[CH3-].[Cl][Ru+3]. The number of halogens is 1. The van der Waals surface area contributed by atoms with Crippen LogP contribution in [0.5, 0.6) is 0 Å². The van der Waals surface area contributed by atoms with E-state index in [1.54, 1.807) is 52.0 Å². The first-order valence-corrected chi connectivity index (χ1v) is 24.4. The fraction of sp³-hybridized carbons (Fsp3) is 0.385. The Bertz CT molecular complexity index is 2290. The molecule has 4 aromatic rings. The standard InChI is InChI=1S/C21H20N2O2S.C10H14O3.C10H16O2.C10H14.CH3.ClH.Ru/c1-16-12-14-19(15-13-16)26(24,25)23-21(18-10-6-3-7-11-18)20(22)17-8-4-2-5-9-17;1-6-8(13-4)7(11)5-10(2,3)9(6)12;1-6-7(2)9(12)10(3,4)5-8(6)11;1-8(2)10-6-4-9(3)5-7-10;;;/h2-15,20-22H,1H3;5H2,1-4H3;8,11H,5H2,1-4H3;4-8H,1-3H3;1H3;1H;/q-2;;;;-1;;+4/p-1/t20-,21-;;8-;;;;/m0.0..../s1. The number of carbonyl (C=O) groups excluding carboxylic acids is 3. The van der Waals surface area contributed by atoms with Crippen LogP contribution in [-0.4, -0.2) is 44.1 Å². The number of aliphatic hydroxyl groups is 1. The number of aliphatic hydroxyl groups excluding tert-OH is 1. The molecule has 4 aromatic carbocycles. The summed E-state index contributed by atoms with van der Waals surface area (Å²) in [5.41, 5.74) is 14.9. The van der Waals surface area contributed by atoms with Gasteiger partial charge < -0.3 is 27.7 Å². The Morgan fingerprint density at radius 1 is 0.703 bits per heavy atom. The van der Waals surface area contributed by atoms with Crippen LogP contribution in [0, 0.1) is 32.1 Å². The molecular weight excluding hydrogens is 933 g/mol. The summed E-state index contributed by atoms with van der Waals surface area (Å²) in [6.07, 6.45) is 0.360. The monoisotopic (exact) mass is 1000 g/mol. The number of rotatable bonds is 8. The number of nitrogens with one attached hydrogen (secondary N) is 1. The van der Waals surface area contributed by atoms with Crippen molar-refractivity contribution in [2.24, 2.45) is 10.8 Å². The third-order valence-corrected chi connectivity index (χ3v) is 12.4. The van der Waals surface area contributed by atoms with Crippen LogP contribution in [0.2, 0.25) is 0 Å². The van der Waals surface area contributed by atoms with Gasteiger partial charge in [0.1, 0.15) is 10.0 Å². The van der Waals surface area contributed by atoms with E-state index in [-0.39, 0.29) is 47.3 Å². The molecule has 0 fully saturated rings. The van der Waals surface area contributed by atoms with Crippen LogP contribution < -0.4 is 0 Å². The molecule has 2 aliphatic rings. The van der Waals surface area contributed by atoms with E-state index in [0.29, 0.717) is 23.5 Å². The van der Waals surface area contributed by atoms with Crippen molar-refractivity contribution in [3.05, 3.63) is 177 Å². The first kappa shape index (κ1) is 57.9. The molecule has 0 aromatic heterocycles. The quantitative estimate of drug-likeness (QED) is 0.136. The fourth-order valence-corrected chi connectivity index (χ4v) is 8.14. The number of methoxy groups -OCH3 is 1. The van der Waals surface area contributed by atoms with Gasteiger partial charge in [-0.2, -0.15) is 0 Å². The van der Waals surface area contributed by atoms with Crippen LogP contribution in [0.1, 0.15) is 121 Å². The van der Waals surface area contributed by atoms with Crippen molar-refractivity contribution in [3.8, 4) is 0 Å². The van der Waals surface area contributed by atoms with Gasteiger partial charge in [0, 0.05) is 27.7 Å². The Balaban J connectivity index is 0.000000456. The number of benzene rings is 4. The van der Waals surface area contributed by atoms with Gasteiger partial charge >= 0.3 is 27.0 Å². The summed E-state index contributed by atoms with van der Waals surface area (Å²) >= 11 is 1.82. The zero-order valence-corrected chi connectivity index (χ0v) is 42.9. The molecule has 0 spiro atoms. The molecule has 6 rings (SSSR count). The Morgan fingerprint density at radius 3 is 1.59 bits per heavy atom. The summed E-state index contributed by atoms with van der Waals surface area (Å²) in [6, 6.07) is 32.0. The Hall–Kier alpha value is -4.09. The van der Waals surface area contributed by atoms with Crippen molar-refractivity contribution >= 4 is 37.1 Å². The molecule has 0 saturated carbocycles. The Labute approximate surface area is 398 Å². The molecule has 2 aliphatic carbocycles. The first-order valence-electron chi connectivity index (χ1n) is 20.7. The van der Waals surface area contributed by atoms with Gasteiger partial charge in [-0.3, -0.25) is 14.4 Å². The molecule has 0 aliphatic heterocycles. The van der Waals surface area contributed by atoms with Crippen molar-refractivity contribution in [2.75, 3.05) is 7.11 Å². The van der Waals surface area contributed by atoms with E-state index in [0.717, 1.165) is 22.3 Å². The molecule has 64 heavy (non-hydrogen) atoms. The van der Waals surface area contributed by atoms with Crippen molar-refractivity contribution < 1.29 is 50.0 Å². The summed E-state index contributed by atoms with van der Waals surface area (Å²) in [7, 11) is 2.12. The van der Waals surface area contributed by atoms with Gasteiger partial charge in [0.05, 0.1) is 13.2 Å². The molecule has 0 heterocycles. The third-order valence-electron chi connectivity index (χ3n) is 11.0. The molecular formula is C52H67ClN2O7RuS. The fourth-order valence-electron chi connectivity index (χ4n) is 6.99. The van der Waals surface area contributed by atoms with E-state index in [4.69, 9.17) is 10.5 Å². The number of ether oxygens (including phenoxy) is 1. The second kappa shape index (κ2) is 26.2. The van der Waals surface area contributed by atoms with Gasteiger partial charge in [-0.15, -0.1) is 12.1 Å². The van der Waals surface area contributed by atoms with E-state index in [2.05, 4.69) is 59.4 Å². The van der Waals surface area contributed by atoms with E-state index in [9.17, 15) is 27.9 Å². The number of allylic oxidation sites excluding steroid dienone is 3. The topological polar surface area (TPSA) is 153 Å². The zero-order chi connectivity index (χ0) is 47.9.